The molecule has 0 fully saturated rings. The molecular formula is C19H17ClF3N3O2. The van der Waals surface area contributed by atoms with E-state index in [1.54, 1.807) is 38.2 Å². The Balaban J connectivity index is 1.71. The number of halogens is 4. The first-order valence-electron chi connectivity index (χ1n) is 8.35. The van der Waals surface area contributed by atoms with Crippen LogP contribution in [0.2, 0.25) is 5.02 Å². The van der Waals surface area contributed by atoms with E-state index in [-0.39, 0.29) is 11.7 Å². The second-order valence-electron chi connectivity index (χ2n) is 6.33. The lowest BCUT2D eigenvalue weighted by atomic mass is 10.1. The quantitative estimate of drug-likeness (QED) is 0.643. The highest BCUT2D eigenvalue weighted by atomic mass is 35.5. The normalized spacial score (nSPS) is 12.8. The van der Waals surface area contributed by atoms with Gasteiger partial charge in [-0.2, -0.15) is 13.2 Å². The Morgan fingerprint density at radius 3 is 2.68 bits per heavy atom. The standard InChI is InChI=1S/C19H17ClF3N3O2/c1-11(15-6-4-14(9-24-15)28-10-19(21,22)23)26(2)18(27)17-8-12-7-13(20)3-5-16(12)25-17/h3-9,11,25H,10H2,1-2H3/t11-/m1/s1. The highest BCUT2D eigenvalue weighted by Gasteiger charge is 2.28. The number of amides is 1. The monoisotopic (exact) mass is 411 g/mol. The highest BCUT2D eigenvalue weighted by Crippen LogP contribution is 2.25. The molecule has 0 bridgehead atoms. The smallest absolute Gasteiger partial charge is 0.422 e. The van der Waals surface area contributed by atoms with Gasteiger partial charge in [-0.15, -0.1) is 0 Å². The Bertz CT molecular complexity index is 986. The number of rotatable bonds is 5. The van der Waals surface area contributed by atoms with Gasteiger partial charge in [0.15, 0.2) is 6.61 Å². The first-order chi connectivity index (χ1) is 13.1. The predicted molar refractivity (Wildman–Crippen MR) is 99.6 cm³/mol. The molecule has 2 aromatic heterocycles. The molecule has 148 valence electrons. The summed E-state index contributed by atoms with van der Waals surface area (Å²) in [6.07, 6.45) is -3.21. The minimum atomic E-state index is -4.41. The van der Waals surface area contributed by atoms with Crippen molar-refractivity contribution in [1.82, 2.24) is 14.9 Å². The van der Waals surface area contributed by atoms with Crippen molar-refractivity contribution in [1.29, 1.82) is 0 Å². The Labute approximate surface area is 164 Å². The van der Waals surface area contributed by atoms with Crippen molar-refractivity contribution in [3.63, 3.8) is 0 Å². The lowest BCUT2D eigenvalue weighted by molar-refractivity contribution is -0.153. The summed E-state index contributed by atoms with van der Waals surface area (Å²) in [4.78, 5) is 21.4. The van der Waals surface area contributed by atoms with Crippen molar-refractivity contribution in [2.75, 3.05) is 13.7 Å². The van der Waals surface area contributed by atoms with E-state index in [1.807, 2.05) is 0 Å². The molecule has 0 aliphatic heterocycles. The van der Waals surface area contributed by atoms with Crippen molar-refractivity contribution >= 4 is 28.4 Å². The summed E-state index contributed by atoms with van der Waals surface area (Å²) in [5.74, 6) is -0.242. The SMILES string of the molecule is C[C@H](c1ccc(OCC(F)(F)F)cn1)N(C)C(=O)c1cc2cc(Cl)ccc2[nH]1. The number of aromatic nitrogens is 2. The molecule has 1 N–H and O–H groups in total. The van der Waals surface area contributed by atoms with Crippen LogP contribution in [0.25, 0.3) is 10.9 Å². The zero-order valence-electron chi connectivity index (χ0n) is 15.0. The van der Waals surface area contributed by atoms with E-state index in [0.29, 0.717) is 16.4 Å². The molecule has 1 aromatic carbocycles. The van der Waals surface area contributed by atoms with Gasteiger partial charge in [-0.1, -0.05) is 11.6 Å². The molecule has 9 heteroatoms. The van der Waals surface area contributed by atoms with Gasteiger partial charge in [0.1, 0.15) is 11.4 Å². The van der Waals surface area contributed by atoms with Gasteiger partial charge in [0.05, 0.1) is 17.9 Å². The van der Waals surface area contributed by atoms with Crippen LogP contribution in [0.4, 0.5) is 13.2 Å². The molecule has 3 aromatic rings. The molecule has 1 atom stereocenters. The topological polar surface area (TPSA) is 58.2 Å². The fourth-order valence-corrected chi connectivity index (χ4v) is 2.85. The number of alkyl halides is 3. The summed E-state index contributed by atoms with van der Waals surface area (Å²) < 4.78 is 41.3. The van der Waals surface area contributed by atoms with Gasteiger partial charge in [0.2, 0.25) is 0 Å². The summed E-state index contributed by atoms with van der Waals surface area (Å²) in [5, 5.41) is 1.39. The van der Waals surface area contributed by atoms with E-state index in [9.17, 15) is 18.0 Å². The fourth-order valence-electron chi connectivity index (χ4n) is 2.67. The number of nitrogens with zero attached hydrogens (tertiary/aromatic N) is 2. The third kappa shape index (κ3) is 4.56. The third-order valence-corrected chi connectivity index (χ3v) is 4.54. The summed E-state index contributed by atoms with van der Waals surface area (Å²) in [7, 11) is 1.63. The number of ether oxygens (including phenoxy) is 1. The van der Waals surface area contributed by atoms with Gasteiger partial charge >= 0.3 is 6.18 Å². The first kappa shape index (κ1) is 20.0. The van der Waals surface area contributed by atoms with E-state index < -0.39 is 18.8 Å². The number of pyridine rings is 1. The summed E-state index contributed by atoms with van der Waals surface area (Å²) in [5.41, 5.74) is 1.71. The van der Waals surface area contributed by atoms with Gasteiger partial charge in [0.25, 0.3) is 5.91 Å². The van der Waals surface area contributed by atoms with E-state index in [0.717, 1.165) is 10.9 Å². The second kappa shape index (κ2) is 7.71. The summed E-state index contributed by atoms with van der Waals surface area (Å²) >= 11 is 5.97. The maximum atomic E-state index is 12.8. The largest absolute Gasteiger partial charge is 0.483 e. The number of hydrogen-bond donors (Lipinski definition) is 1. The lowest BCUT2D eigenvalue weighted by Crippen LogP contribution is -2.30. The predicted octanol–water partition coefficient (Wildman–Crippen LogP) is 4.99. The molecule has 0 radical (unpaired) electrons. The Kier molecular flexibility index (Phi) is 5.51. The van der Waals surface area contributed by atoms with Crippen LogP contribution in [-0.2, 0) is 0 Å². The van der Waals surface area contributed by atoms with Gasteiger partial charge in [-0.3, -0.25) is 9.78 Å². The van der Waals surface area contributed by atoms with Gasteiger partial charge in [0, 0.05) is 23.0 Å². The average molecular weight is 412 g/mol. The zero-order valence-corrected chi connectivity index (χ0v) is 15.8. The molecule has 0 saturated heterocycles. The van der Waals surface area contributed by atoms with E-state index >= 15 is 0 Å². The lowest BCUT2D eigenvalue weighted by Gasteiger charge is -2.24. The maximum Gasteiger partial charge on any atom is 0.422 e. The molecular weight excluding hydrogens is 395 g/mol. The maximum absolute atomic E-state index is 12.8. The molecule has 28 heavy (non-hydrogen) atoms. The minimum absolute atomic E-state index is 0.00903. The van der Waals surface area contributed by atoms with Crippen LogP contribution < -0.4 is 4.74 Å². The highest BCUT2D eigenvalue weighted by molar-refractivity contribution is 6.31. The zero-order chi connectivity index (χ0) is 20.5. The van der Waals surface area contributed by atoms with Gasteiger partial charge in [-0.05, 0) is 43.3 Å². The molecule has 0 spiro atoms. The van der Waals surface area contributed by atoms with Crippen LogP contribution in [0, 0.1) is 0 Å². The van der Waals surface area contributed by atoms with Crippen LogP contribution in [0.5, 0.6) is 5.75 Å². The van der Waals surface area contributed by atoms with Crippen LogP contribution in [0.1, 0.15) is 29.1 Å². The van der Waals surface area contributed by atoms with E-state index in [4.69, 9.17) is 11.6 Å². The average Bonchev–Trinajstić information content (AvgIpc) is 3.07. The summed E-state index contributed by atoms with van der Waals surface area (Å²) in [6.45, 7) is 0.391. The summed E-state index contributed by atoms with van der Waals surface area (Å²) in [6, 6.07) is 9.52. The molecule has 2 heterocycles. The van der Waals surface area contributed by atoms with Crippen molar-refractivity contribution in [3.8, 4) is 5.75 Å². The Hall–Kier alpha value is -2.74. The van der Waals surface area contributed by atoms with Crippen LogP contribution in [0.3, 0.4) is 0 Å². The number of carbonyl (C=O) groups excluding carboxylic acids is 1. The number of carbonyl (C=O) groups is 1. The number of nitrogens with one attached hydrogen (secondary N) is 1. The second-order valence-corrected chi connectivity index (χ2v) is 6.77. The van der Waals surface area contributed by atoms with Gasteiger partial charge in [-0.25, -0.2) is 0 Å². The number of H-pyrrole nitrogens is 1. The molecule has 0 aliphatic carbocycles. The molecule has 1 amide bonds. The number of benzene rings is 1. The number of aromatic amines is 1. The van der Waals surface area contributed by atoms with Crippen molar-refractivity contribution in [2.24, 2.45) is 0 Å². The number of hydrogen-bond acceptors (Lipinski definition) is 3. The molecule has 0 unspecified atom stereocenters. The number of fused-ring (bicyclic) bond motifs is 1. The van der Waals surface area contributed by atoms with E-state index in [1.165, 1.54) is 23.2 Å². The Morgan fingerprint density at radius 1 is 1.29 bits per heavy atom. The van der Waals surface area contributed by atoms with Gasteiger partial charge < -0.3 is 14.6 Å². The van der Waals surface area contributed by atoms with Crippen molar-refractivity contribution in [3.05, 3.63) is 59.0 Å². The Morgan fingerprint density at radius 2 is 2.04 bits per heavy atom. The van der Waals surface area contributed by atoms with Crippen molar-refractivity contribution in [2.45, 2.75) is 19.1 Å². The molecule has 5 nitrogen and oxygen atoms in total. The van der Waals surface area contributed by atoms with Crippen LogP contribution >= 0.6 is 11.6 Å². The first-order valence-corrected chi connectivity index (χ1v) is 8.73. The molecule has 3 rings (SSSR count). The molecule has 0 saturated carbocycles. The van der Waals surface area contributed by atoms with Crippen LogP contribution in [-0.4, -0.2) is 40.6 Å². The van der Waals surface area contributed by atoms with E-state index in [2.05, 4.69) is 14.7 Å². The van der Waals surface area contributed by atoms with Crippen LogP contribution in [0.15, 0.2) is 42.6 Å². The third-order valence-electron chi connectivity index (χ3n) is 4.30. The fraction of sp³-hybridized carbons (Fsp3) is 0.263. The molecule has 0 aliphatic rings. The van der Waals surface area contributed by atoms with Crippen molar-refractivity contribution < 1.29 is 22.7 Å². The minimum Gasteiger partial charge on any atom is -0.483 e.